The SMILES string of the molecule is CCC(N)(C#N)c1ccc(O)c(O)c1. The standard InChI is InChI=1S/C10H12N2O2/c1-2-10(12,6-11)7-3-4-8(13)9(14)5-7/h3-5,13-14H,2,12H2,1H3. The Morgan fingerprint density at radius 2 is 2.07 bits per heavy atom. The molecule has 0 fully saturated rings. The summed E-state index contributed by atoms with van der Waals surface area (Å²) in [5.74, 6) is -0.480. The maximum absolute atomic E-state index is 9.24. The zero-order valence-electron chi connectivity index (χ0n) is 7.86. The van der Waals surface area contributed by atoms with Crippen molar-refractivity contribution in [3.05, 3.63) is 23.8 Å². The fourth-order valence-electron chi connectivity index (χ4n) is 1.15. The number of phenolic OH excluding ortho intramolecular Hbond substituents is 2. The second-order valence-corrected chi connectivity index (χ2v) is 3.14. The molecule has 0 saturated heterocycles. The van der Waals surface area contributed by atoms with Crippen LogP contribution in [-0.4, -0.2) is 10.2 Å². The van der Waals surface area contributed by atoms with Gasteiger partial charge in [0.25, 0.3) is 0 Å². The van der Waals surface area contributed by atoms with E-state index in [0.29, 0.717) is 12.0 Å². The first-order valence-corrected chi connectivity index (χ1v) is 4.26. The highest BCUT2D eigenvalue weighted by molar-refractivity contribution is 5.44. The molecule has 0 bridgehead atoms. The Morgan fingerprint density at radius 3 is 2.50 bits per heavy atom. The molecule has 4 nitrogen and oxygen atoms in total. The van der Waals surface area contributed by atoms with Crippen molar-refractivity contribution in [2.24, 2.45) is 5.73 Å². The fraction of sp³-hybridized carbons (Fsp3) is 0.300. The minimum Gasteiger partial charge on any atom is -0.504 e. The van der Waals surface area contributed by atoms with Crippen LogP contribution < -0.4 is 5.73 Å². The number of aromatic hydroxyl groups is 2. The van der Waals surface area contributed by atoms with Crippen molar-refractivity contribution in [1.29, 1.82) is 5.26 Å². The molecule has 0 aromatic heterocycles. The summed E-state index contributed by atoms with van der Waals surface area (Å²) in [5.41, 5.74) is 5.17. The minimum atomic E-state index is -1.11. The molecule has 0 spiro atoms. The van der Waals surface area contributed by atoms with E-state index in [1.807, 2.05) is 6.07 Å². The number of benzene rings is 1. The van der Waals surface area contributed by atoms with E-state index in [0.717, 1.165) is 0 Å². The van der Waals surface area contributed by atoms with Crippen molar-refractivity contribution in [3.8, 4) is 17.6 Å². The molecule has 0 heterocycles. The lowest BCUT2D eigenvalue weighted by atomic mass is 9.90. The number of phenols is 2. The van der Waals surface area contributed by atoms with Crippen LogP contribution in [0.2, 0.25) is 0 Å². The third kappa shape index (κ3) is 1.63. The lowest BCUT2D eigenvalue weighted by molar-refractivity contribution is 0.401. The molecule has 74 valence electrons. The quantitative estimate of drug-likeness (QED) is 0.614. The summed E-state index contributed by atoms with van der Waals surface area (Å²) in [6.45, 7) is 1.78. The van der Waals surface area contributed by atoms with Gasteiger partial charge in [-0.15, -0.1) is 0 Å². The average Bonchev–Trinajstić information content (AvgIpc) is 2.21. The Labute approximate surface area is 82.2 Å². The number of nitrogens with zero attached hydrogens (tertiary/aromatic N) is 1. The van der Waals surface area contributed by atoms with Gasteiger partial charge in [0.15, 0.2) is 11.5 Å². The lowest BCUT2D eigenvalue weighted by Gasteiger charge is -2.19. The Bertz CT molecular complexity index is 384. The minimum absolute atomic E-state index is 0.217. The van der Waals surface area contributed by atoms with Gasteiger partial charge in [-0.3, -0.25) is 0 Å². The summed E-state index contributed by atoms with van der Waals surface area (Å²) in [4.78, 5) is 0. The van der Waals surface area contributed by atoms with E-state index < -0.39 is 5.54 Å². The third-order valence-electron chi connectivity index (χ3n) is 2.25. The van der Waals surface area contributed by atoms with E-state index in [1.165, 1.54) is 18.2 Å². The van der Waals surface area contributed by atoms with Crippen LogP contribution in [0.1, 0.15) is 18.9 Å². The van der Waals surface area contributed by atoms with Crippen LogP contribution in [0.5, 0.6) is 11.5 Å². The van der Waals surface area contributed by atoms with Crippen molar-refractivity contribution in [2.45, 2.75) is 18.9 Å². The van der Waals surface area contributed by atoms with E-state index in [1.54, 1.807) is 6.92 Å². The molecule has 0 aliphatic heterocycles. The molecule has 0 aliphatic rings. The Morgan fingerprint density at radius 1 is 1.43 bits per heavy atom. The van der Waals surface area contributed by atoms with Crippen molar-refractivity contribution >= 4 is 0 Å². The molecule has 1 aromatic rings. The summed E-state index contributed by atoms with van der Waals surface area (Å²) in [6.07, 6.45) is 0.438. The number of nitrogens with two attached hydrogens (primary N) is 1. The fourth-order valence-corrected chi connectivity index (χ4v) is 1.15. The van der Waals surface area contributed by atoms with Gasteiger partial charge in [0.2, 0.25) is 0 Å². The number of nitriles is 1. The maximum atomic E-state index is 9.24. The normalized spacial score (nSPS) is 14.4. The molecular weight excluding hydrogens is 180 g/mol. The van der Waals surface area contributed by atoms with Crippen LogP contribution in [0.3, 0.4) is 0 Å². The van der Waals surface area contributed by atoms with Gasteiger partial charge in [0.05, 0.1) is 6.07 Å². The Balaban J connectivity index is 3.21. The first-order valence-electron chi connectivity index (χ1n) is 4.26. The number of hydrogen-bond donors (Lipinski definition) is 3. The molecule has 0 radical (unpaired) electrons. The van der Waals surface area contributed by atoms with Gasteiger partial charge in [-0.2, -0.15) is 5.26 Å². The molecule has 4 N–H and O–H groups in total. The van der Waals surface area contributed by atoms with Crippen LogP contribution in [0, 0.1) is 11.3 Å². The summed E-state index contributed by atoms with van der Waals surface area (Å²) in [7, 11) is 0. The average molecular weight is 192 g/mol. The van der Waals surface area contributed by atoms with Crippen LogP contribution in [-0.2, 0) is 5.54 Å². The second-order valence-electron chi connectivity index (χ2n) is 3.14. The van der Waals surface area contributed by atoms with E-state index >= 15 is 0 Å². The highest BCUT2D eigenvalue weighted by Gasteiger charge is 2.25. The molecule has 4 heteroatoms. The van der Waals surface area contributed by atoms with E-state index in [9.17, 15) is 5.11 Å². The van der Waals surface area contributed by atoms with Crippen molar-refractivity contribution in [1.82, 2.24) is 0 Å². The topological polar surface area (TPSA) is 90.3 Å². The predicted molar refractivity (Wildman–Crippen MR) is 51.5 cm³/mol. The van der Waals surface area contributed by atoms with Crippen molar-refractivity contribution < 1.29 is 10.2 Å². The Hall–Kier alpha value is -1.73. The summed E-state index contributed by atoms with van der Waals surface area (Å²) >= 11 is 0. The third-order valence-corrected chi connectivity index (χ3v) is 2.25. The molecule has 14 heavy (non-hydrogen) atoms. The van der Waals surface area contributed by atoms with Gasteiger partial charge in [-0.25, -0.2) is 0 Å². The number of hydrogen-bond acceptors (Lipinski definition) is 4. The summed E-state index contributed by atoms with van der Waals surface area (Å²) < 4.78 is 0. The predicted octanol–water partition coefficient (Wildman–Crippen LogP) is 1.19. The summed E-state index contributed by atoms with van der Waals surface area (Å²) in [5, 5.41) is 27.2. The first-order chi connectivity index (χ1) is 6.53. The van der Waals surface area contributed by atoms with E-state index in [4.69, 9.17) is 16.1 Å². The molecule has 1 aromatic carbocycles. The molecule has 1 atom stereocenters. The van der Waals surface area contributed by atoms with Gasteiger partial charge in [0, 0.05) is 0 Å². The van der Waals surface area contributed by atoms with E-state index in [2.05, 4.69) is 0 Å². The van der Waals surface area contributed by atoms with Gasteiger partial charge in [-0.05, 0) is 24.1 Å². The van der Waals surface area contributed by atoms with Crippen LogP contribution in [0.15, 0.2) is 18.2 Å². The van der Waals surface area contributed by atoms with Crippen LogP contribution in [0.25, 0.3) is 0 Å². The smallest absolute Gasteiger partial charge is 0.157 e. The van der Waals surface area contributed by atoms with E-state index in [-0.39, 0.29) is 11.5 Å². The van der Waals surface area contributed by atoms with Crippen molar-refractivity contribution in [3.63, 3.8) is 0 Å². The highest BCUT2D eigenvalue weighted by Crippen LogP contribution is 2.30. The second kappa shape index (κ2) is 3.56. The molecule has 1 rings (SSSR count). The van der Waals surface area contributed by atoms with Crippen LogP contribution in [0.4, 0.5) is 0 Å². The first kappa shape index (κ1) is 10.4. The lowest BCUT2D eigenvalue weighted by Crippen LogP contribution is -2.33. The van der Waals surface area contributed by atoms with Gasteiger partial charge < -0.3 is 15.9 Å². The van der Waals surface area contributed by atoms with Crippen molar-refractivity contribution in [2.75, 3.05) is 0 Å². The molecular formula is C10H12N2O2. The molecule has 0 aliphatic carbocycles. The zero-order chi connectivity index (χ0) is 10.8. The van der Waals surface area contributed by atoms with Gasteiger partial charge in [0.1, 0.15) is 5.54 Å². The molecule has 1 unspecified atom stereocenters. The zero-order valence-corrected chi connectivity index (χ0v) is 7.86. The molecule has 0 amide bonds. The maximum Gasteiger partial charge on any atom is 0.157 e. The highest BCUT2D eigenvalue weighted by atomic mass is 16.3. The van der Waals surface area contributed by atoms with Gasteiger partial charge >= 0.3 is 0 Å². The number of rotatable bonds is 2. The van der Waals surface area contributed by atoms with Crippen LogP contribution >= 0.6 is 0 Å². The monoisotopic (exact) mass is 192 g/mol. The Kier molecular flexibility index (Phi) is 2.63. The summed E-state index contributed by atoms with van der Waals surface area (Å²) in [6, 6.07) is 6.13. The van der Waals surface area contributed by atoms with Gasteiger partial charge in [-0.1, -0.05) is 13.0 Å². The largest absolute Gasteiger partial charge is 0.504 e. The molecule has 0 saturated carbocycles.